The van der Waals surface area contributed by atoms with Gasteiger partial charge in [-0.3, -0.25) is 4.79 Å². The Kier molecular flexibility index (Phi) is 5.07. The number of benzene rings is 1. The fraction of sp³-hybridized carbons (Fsp3) is 0.562. The van der Waals surface area contributed by atoms with Crippen LogP contribution < -0.4 is 5.73 Å². The molecule has 1 amide bonds. The molecule has 1 unspecified atom stereocenters. The normalized spacial score (nSPS) is 19.6. The van der Waals surface area contributed by atoms with E-state index < -0.39 is 5.54 Å². The Morgan fingerprint density at radius 2 is 1.81 bits per heavy atom. The van der Waals surface area contributed by atoms with Crippen molar-refractivity contribution in [3.05, 3.63) is 34.3 Å². The van der Waals surface area contributed by atoms with Gasteiger partial charge in [-0.2, -0.15) is 0 Å². The molecule has 1 aromatic rings. The van der Waals surface area contributed by atoms with Crippen molar-refractivity contribution < 1.29 is 4.79 Å². The van der Waals surface area contributed by atoms with Crippen LogP contribution in [0.5, 0.6) is 0 Å². The number of rotatable bonds is 3. The predicted octanol–water partition coefficient (Wildman–Crippen LogP) is 2.18. The van der Waals surface area contributed by atoms with Gasteiger partial charge in [-0.25, -0.2) is 0 Å². The Morgan fingerprint density at radius 1 is 1.29 bits per heavy atom. The van der Waals surface area contributed by atoms with Gasteiger partial charge in [0, 0.05) is 23.6 Å². The van der Waals surface area contributed by atoms with Gasteiger partial charge in [0.15, 0.2) is 0 Å². The van der Waals surface area contributed by atoms with Crippen LogP contribution in [-0.2, 0) is 10.3 Å². The number of likely N-dealkylation sites (tertiary alicyclic amines) is 1. The summed E-state index contributed by atoms with van der Waals surface area (Å²) in [5.74, 6) is 0.0158. The van der Waals surface area contributed by atoms with Crippen molar-refractivity contribution in [1.29, 1.82) is 0 Å². The van der Waals surface area contributed by atoms with Crippen LogP contribution >= 0.6 is 15.9 Å². The van der Waals surface area contributed by atoms with E-state index in [1.165, 1.54) is 0 Å². The Labute approximate surface area is 135 Å². The molecule has 0 aromatic heterocycles. The molecule has 5 heteroatoms. The van der Waals surface area contributed by atoms with Crippen LogP contribution in [-0.4, -0.2) is 48.9 Å². The highest BCUT2D eigenvalue weighted by Gasteiger charge is 2.36. The number of carbonyl (C=O) groups is 1. The van der Waals surface area contributed by atoms with Gasteiger partial charge >= 0.3 is 0 Å². The molecular weight excluding hydrogens is 330 g/mol. The van der Waals surface area contributed by atoms with Gasteiger partial charge in [0.25, 0.3) is 0 Å². The van der Waals surface area contributed by atoms with Crippen molar-refractivity contribution in [3.63, 3.8) is 0 Å². The fourth-order valence-electron chi connectivity index (χ4n) is 2.83. The zero-order chi connectivity index (χ0) is 15.6. The molecule has 21 heavy (non-hydrogen) atoms. The summed E-state index contributed by atoms with van der Waals surface area (Å²) in [6, 6.07) is 8.23. The Hall–Kier alpha value is -0.910. The topological polar surface area (TPSA) is 49.6 Å². The van der Waals surface area contributed by atoms with Gasteiger partial charge in [-0.15, -0.1) is 0 Å². The maximum atomic E-state index is 12.8. The summed E-state index contributed by atoms with van der Waals surface area (Å²) in [4.78, 5) is 16.9. The summed E-state index contributed by atoms with van der Waals surface area (Å²) in [5.41, 5.74) is 6.23. The largest absolute Gasteiger partial charge is 0.341 e. The smallest absolute Gasteiger partial charge is 0.246 e. The van der Waals surface area contributed by atoms with E-state index in [1.54, 1.807) is 6.92 Å². The summed E-state index contributed by atoms with van der Waals surface area (Å²) < 4.78 is 0.987. The summed E-state index contributed by atoms with van der Waals surface area (Å²) >= 11 is 3.41. The molecule has 1 aromatic carbocycles. The number of nitrogens with zero attached hydrogens (tertiary/aromatic N) is 2. The molecule has 4 nitrogen and oxygen atoms in total. The summed E-state index contributed by atoms with van der Waals surface area (Å²) in [6.45, 7) is 3.37. The molecule has 2 N–H and O–H groups in total. The van der Waals surface area contributed by atoms with E-state index in [0.29, 0.717) is 6.04 Å². The number of hydrogen-bond donors (Lipinski definition) is 1. The third-order valence-electron chi connectivity index (χ3n) is 4.37. The van der Waals surface area contributed by atoms with E-state index in [4.69, 9.17) is 5.73 Å². The van der Waals surface area contributed by atoms with Crippen LogP contribution in [0.15, 0.2) is 28.7 Å². The lowest BCUT2D eigenvalue weighted by Gasteiger charge is -2.38. The summed E-state index contributed by atoms with van der Waals surface area (Å²) in [6.07, 6.45) is 2.02. The molecule has 1 saturated heterocycles. The average molecular weight is 354 g/mol. The van der Waals surface area contributed by atoms with Crippen LogP contribution in [0, 0.1) is 0 Å². The van der Waals surface area contributed by atoms with Gasteiger partial charge in [-0.05, 0) is 51.6 Å². The zero-order valence-corrected chi connectivity index (χ0v) is 14.6. The van der Waals surface area contributed by atoms with Crippen LogP contribution in [0.1, 0.15) is 25.3 Å². The molecule has 0 aliphatic carbocycles. The second-order valence-corrected chi connectivity index (χ2v) is 7.11. The van der Waals surface area contributed by atoms with Crippen molar-refractivity contribution in [1.82, 2.24) is 9.80 Å². The second-order valence-electron chi connectivity index (χ2n) is 6.20. The molecule has 1 fully saturated rings. The lowest BCUT2D eigenvalue weighted by molar-refractivity contribution is -0.138. The summed E-state index contributed by atoms with van der Waals surface area (Å²) in [5, 5.41) is 0. The average Bonchev–Trinajstić information content (AvgIpc) is 2.47. The molecule has 0 saturated carbocycles. The SMILES string of the molecule is CN(C)C1CCN(C(=O)C(C)(N)c2ccc(Br)cc2)CC1. The fourth-order valence-corrected chi connectivity index (χ4v) is 3.10. The predicted molar refractivity (Wildman–Crippen MR) is 89.0 cm³/mol. The monoisotopic (exact) mass is 353 g/mol. The van der Waals surface area contributed by atoms with Crippen molar-refractivity contribution in [2.75, 3.05) is 27.2 Å². The molecule has 0 bridgehead atoms. The first kappa shape index (κ1) is 16.5. The number of hydrogen-bond acceptors (Lipinski definition) is 3. The van der Waals surface area contributed by atoms with Crippen molar-refractivity contribution >= 4 is 21.8 Å². The molecule has 1 heterocycles. The zero-order valence-electron chi connectivity index (χ0n) is 13.0. The van der Waals surface area contributed by atoms with E-state index in [2.05, 4.69) is 34.9 Å². The quantitative estimate of drug-likeness (QED) is 0.905. The molecule has 116 valence electrons. The van der Waals surface area contributed by atoms with Crippen LogP contribution in [0.4, 0.5) is 0 Å². The first-order chi connectivity index (χ1) is 9.82. The van der Waals surface area contributed by atoms with E-state index in [9.17, 15) is 4.79 Å². The van der Waals surface area contributed by atoms with Crippen LogP contribution in [0.2, 0.25) is 0 Å². The van der Waals surface area contributed by atoms with Gasteiger partial charge in [0.1, 0.15) is 5.54 Å². The van der Waals surface area contributed by atoms with Gasteiger partial charge < -0.3 is 15.5 Å². The maximum Gasteiger partial charge on any atom is 0.246 e. The summed E-state index contributed by atoms with van der Waals surface area (Å²) in [7, 11) is 4.19. The number of nitrogens with two attached hydrogens (primary N) is 1. The first-order valence-electron chi connectivity index (χ1n) is 7.33. The minimum Gasteiger partial charge on any atom is -0.341 e. The highest BCUT2D eigenvalue weighted by molar-refractivity contribution is 9.10. The molecule has 1 aliphatic rings. The molecule has 0 radical (unpaired) electrons. The number of halogens is 1. The van der Waals surface area contributed by atoms with E-state index in [0.717, 1.165) is 36.0 Å². The maximum absolute atomic E-state index is 12.8. The van der Waals surface area contributed by atoms with Crippen LogP contribution in [0.25, 0.3) is 0 Å². The Balaban J connectivity index is 2.07. The van der Waals surface area contributed by atoms with E-state index >= 15 is 0 Å². The van der Waals surface area contributed by atoms with E-state index in [-0.39, 0.29) is 5.91 Å². The number of amides is 1. The Morgan fingerprint density at radius 3 is 2.29 bits per heavy atom. The minimum atomic E-state index is -0.967. The number of carbonyl (C=O) groups excluding carboxylic acids is 1. The standard InChI is InChI=1S/C16H24BrN3O/c1-16(18,12-4-6-13(17)7-5-12)15(21)20-10-8-14(9-11-20)19(2)3/h4-7,14H,8-11,18H2,1-3H3. The molecule has 0 spiro atoms. The molecule has 1 aliphatic heterocycles. The lowest BCUT2D eigenvalue weighted by atomic mass is 9.90. The molecular formula is C16H24BrN3O. The van der Waals surface area contributed by atoms with E-state index in [1.807, 2.05) is 29.2 Å². The van der Waals surface area contributed by atoms with Crippen molar-refractivity contribution in [2.45, 2.75) is 31.3 Å². The van der Waals surface area contributed by atoms with Gasteiger partial charge in [0.05, 0.1) is 0 Å². The van der Waals surface area contributed by atoms with Crippen LogP contribution in [0.3, 0.4) is 0 Å². The van der Waals surface area contributed by atoms with Gasteiger partial charge in [0.2, 0.25) is 5.91 Å². The first-order valence-corrected chi connectivity index (χ1v) is 8.12. The third kappa shape index (κ3) is 3.65. The highest BCUT2D eigenvalue weighted by Crippen LogP contribution is 2.25. The number of piperidine rings is 1. The van der Waals surface area contributed by atoms with Crippen molar-refractivity contribution in [3.8, 4) is 0 Å². The Bertz CT molecular complexity index is 491. The van der Waals surface area contributed by atoms with Crippen molar-refractivity contribution in [2.24, 2.45) is 5.73 Å². The highest BCUT2D eigenvalue weighted by atomic mass is 79.9. The third-order valence-corrected chi connectivity index (χ3v) is 4.90. The van der Waals surface area contributed by atoms with Gasteiger partial charge in [-0.1, -0.05) is 28.1 Å². The molecule has 2 rings (SSSR count). The second kappa shape index (κ2) is 6.46. The minimum absolute atomic E-state index is 0.0158. The lowest BCUT2D eigenvalue weighted by Crippen LogP contribution is -2.54. The molecule has 1 atom stereocenters.